The van der Waals surface area contributed by atoms with Crippen molar-refractivity contribution >= 4 is 14.0 Å². The van der Waals surface area contributed by atoms with Crippen molar-refractivity contribution in [3.8, 4) is 11.8 Å². The fourth-order valence-corrected chi connectivity index (χ4v) is 1.90. The summed E-state index contributed by atoms with van der Waals surface area (Å²) in [5.74, 6) is -0.218. The van der Waals surface area contributed by atoms with E-state index in [0.717, 1.165) is 6.07 Å². The second kappa shape index (κ2) is 3.91. The summed E-state index contributed by atoms with van der Waals surface area (Å²) in [6.07, 6.45) is 0. The van der Waals surface area contributed by atoms with Gasteiger partial charge in [-0.1, -0.05) is 0 Å². The molecule has 80 valence electrons. The Hall–Kier alpha value is -1.54. The molecular weight excluding hydrogens is 211 g/mol. The molecule has 0 radical (unpaired) electrons. The molecule has 2 N–H and O–H groups in total. The summed E-state index contributed by atoms with van der Waals surface area (Å²) in [7, 11) is -1.82. The average molecular weight is 224 g/mol. The van der Waals surface area contributed by atoms with Gasteiger partial charge in [0.05, 0.1) is 11.3 Å². The molecule has 0 atom stereocenters. The fraction of sp³-hybridized carbons (Fsp3) is 0.300. The third kappa shape index (κ3) is 2.96. The molecule has 1 aromatic rings. The van der Waals surface area contributed by atoms with Crippen molar-refractivity contribution < 1.29 is 8.82 Å². The van der Waals surface area contributed by atoms with Gasteiger partial charge >= 0.3 is 0 Å². The predicted molar refractivity (Wildman–Crippen MR) is 59.5 cm³/mol. The Morgan fingerprint density at radius 2 is 2.00 bits per heavy atom. The smallest absolute Gasteiger partial charge is 0.242 e. The Kier molecular flexibility index (Phi) is 3.00. The van der Waals surface area contributed by atoms with E-state index in [9.17, 15) is 4.39 Å². The monoisotopic (exact) mass is 224 g/mol. The number of nitrogens with two attached hydrogens (primary N) is 1. The number of rotatable bonds is 2. The first-order chi connectivity index (χ1) is 6.83. The average Bonchev–Trinajstić information content (AvgIpc) is 2.08. The van der Waals surface area contributed by atoms with Gasteiger partial charge in [-0.2, -0.15) is 5.26 Å². The van der Waals surface area contributed by atoms with Gasteiger partial charge in [-0.3, -0.25) is 0 Å². The van der Waals surface area contributed by atoms with Crippen LogP contribution in [0.5, 0.6) is 5.75 Å². The third-order valence-electron chi connectivity index (χ3n) is 1.64. The molecule has 0 aliphatic carbocycles. The summed E-state index contributed by atoms with van der Waals surface area (Å²) < 4.78 is 18.7. The molecule has 3 nitrogen and oxygen atoms in total. The minimum absolute atomic E-state index is 0.00208. The van der Waals surface area contributed by atoms with E-state index in [2.05, 4.69) is 0 Å². The van der Waals surface area contributed by atoms with Gasteiger partial charge in [-0.05, 0) is 25.7 Å². The van der Waals surface area contributed by atoms with Crippen LogP contribution in [0.4, 0.5) is 10.1 Å². The normalized spacial score (nSPS) is 10.9. The number of halogens is 1. The van der Waals surface area contributed by atoms with Crippen molar-refractivity contribution in [2.75, 3.05) is 5.73 Å². The highest BCUT2D eigenvalue weighted by Gasteiger charge is 2.19. The molecule has 0 spiro atoms. The number of nitrogens with zero attached hydrogens (tertiary/aromatic N) is 1. The molecule has 0 fully saturated rings. The van der Waals surface area contributed by atoms with Gasteiger partial charge in [0.1, 0.15) is 17.6 Å². The van der Waals surface area contributed by atoms with E-state index in [1.54, 1.807) is 0 Å². The maximum absolute atomic E-state index is 13.1. The van der Waals surface area contributed by atoms with Gasteiger partial charge < -0.3 is 10.2 Å². The number of nitriles is 1. The summed E-state index contributed by atoms with van der Waals surface area (Å²) >= 11 is 0. The van der Waals surface area contributed by atoms with Gasteiger partial charge in [0, 0.05) is 6.07 Å². The largest absolute Gasteiger partial charge is 0.543 e. The Morgan fingerprint density at radius 3 is 2.47 bits per heavy atom. The van der Waals surface area contributed by atoms with E-state index in [4.69, 9.17) is 15.4 Å². The Bertz CT molecular complexity index is 421. The molecule has 0 bridgehead atoms. The van der Waals surface area contributed by atoms with Crippen molar-refractivity contribution in [1.29, 1.82) is 5.26 Å². The molecule has 1 aromatic carbocycles. The Balaban J connectivity index is 3.18. The van der Waals surface area contributed by atoms with Crippen molar-refractivity contribution in [3.05, 3.63) is 23.5 Å². The standard InChI is InChI=1S/C10H13FN2OSi/c1-15(2,3)14-10-5-9(13)8(11)4-7(10)6-12/h4-5H,13H2,1-3H3. The lowest BCUT2D eigenvalue weighted by Gasteiger charge is -2.20. The van der Waals surface area contributed by atoms with Crippen LogP contribution in [0, 0.1) is 17.1 Å². The molecule has 0 saturated heterocycles. The van der Waals surface area contributed by atoms with E-state index in [1.807, 2.05) is 25.7 Å². The van der Waals surface area contributed by atoms with Crippen molar-refractivity contribution in [2.24, 2.45) is 0 Å². The van der Waals surface area contributed by atoms with Crippen molar-refractivity contribution in [2.45, 2.75) is 19.6 Å². The first kappa shape index (κ1) is 11.5. The molecule has 0 aliphatic heterocycles. The van der Waals surface area contributed by atoms with E-state index in [1.165, 1.54) is 6.07 Å². The van der Waals surface area contributed by atoms with Gasteiger partial charge in [-0.15, -0.1) is 0 Å². The van der Waals surface area contributed by atoms with Crippen LogP contribution in [0.15, 0.2) is 12.1 Å². The summed E-state index contributed by atoms with van der Waals surface area (Å²) in [6.45, 7) is 5.94. The van der Waals surface area contributed by atoms with E-state index < -0.39 is 14.1 Å². The van der Waals surface area contributed by atoms with Crippen LogP contribution in [0.3, 0.4) is 0 Å². The van der Waals surface area contributed by atoms with Crippen LogP contribution in [0.25, 0.3) is 0 Å². The van der Waals surface area contributed by atoms with Crippen LogP contribution < -0.4 is 10.2 Å². The number of hydrogen-bond donors (Lipinski definition) is 1. The number of anilines is 1. The van der Waals surface area contributed by atoms with Crippen molar-refractivity contribution in [1.82, 2.24) is 0 Å². The van der Waals surface area contributed by atoms with Crippen LogP contribution in [0.2, 0.25) is 19.6 Å². The van der Waals surface area contributed by atoms with Crippen LogP contribution in [-0.2, 0) is 0 Å². The Morgan fingerprint density at radius 1 is 1.40 bits per heavy atom. The maximum atomic E-state index is 13.1. The minimum atomic E-state index is -1.82. The highest BCUT2D eigenvalue weighted by molar-refractivity contribution is 6.70. The fourth-order valence-electron chi connectivity index (χ4n) is 1.07. The molecule has 5 heteroatoms. The number of nitrogen functional groups attached to an aromatic ring is 1. The molecular formula is C10H13FN2OSi. The number of hydrogen-bond acceptors (Lipinski definition) is 3. The summed E-state index contributed by atoms with van der Waals surface area (Å²) in [4.78, 5) is 0. The zero-order chi connectivity index (χ0) is 11.6. The molecule has 0 aromatic heterocycles. The van der Waals surface area contributed by atoms with Crippen molar-refractivity contribution in [3.63, 3.8) is 0 Å². The van der Waals surface area contributed by atoms with Gasteiger partial charge in [0.25, 0.3) is 0 Å². The second-order valence-corrected chi connectivity index (χ2v) is 8.62. The minimum Gasteiger partial charge on any atom is -0.543 e. The first-order valence-electron chi connectivity index (χ1n) is 4.51. The van der Waals surface area contributed by atoms with Gasteiger partial charge in [0.15, 0.2) is 0 Å². The predicted octanol–water partition coefficient (Wildman–Crippen LogP) is 2.49. The molecule has 0 saturated carbocycles. The summed E-state index contributed by atoms with van der Waals surface area (Å²) in [6, 6.07) is 4.36. The van der Waals surface area contributed by atoms with Gasteiger partial charge in [0.2, 0.25) is 8.32 Å². The quantitative estimate of drug-likeness (QED) is 0.620. The SMILES string of the molecule is C[Si](C)(C)Oc1cc(N)c(F)cc1C#N. The van der Waals surface area contributed by atoms with Gasteiger partial charge in [-0.25, -0.2) is 4.39 Å². The zero-order valence-corrected chi connectivity index (χ0v) is 9.97. The molecule has 1 rings (SSSR count). The second-order valence-electron chi connectivity index (χ2n) is 4.20. The maximum Gasteiger partial charge on any atom is 0.242 e. The van der Waals surface area contributed by atoms with E-state index >= 15 is 0 Å². The zero-order valence-electron chi connectivity index (χ0n) is 8.97. The lowest BCUT2D eigenvalue weighted by atomic mass is 10.2. The Labute approximate surface area is 89.4 Å². The molecule has 0 unspecified atom stereocenters. The summed E-state index contributed by atoms with van der Waals surface area (Å²) in [5.41, 5.74) is 5.60. The lowest BCUT2D eigenvalue weighted by molar-refractivity contribution is 0.551. The van der Waals surface area contributed by atoms with E-state index in [0.29, 0.717) is 5.75 Å². The molecule has 0 aliphatic rings. The molecule has 0 amide bonds. The molecule has 15 heavy (non-hydrogen) atoms. The van der Waals surface area contributed by atoms with Crippen LogP contribution in [-0.4, -0.2) is 8.32 Å². The highest BCUT2D eigenvalue weighted by atomic mass is 28.4. The highest BCUT2D eigenvalue weighted by Crippen LogP contribution is 2.26. The van der Waals surface area contributed by atoms with E-state index in [-0.39, 0.29) is 11.3 Å². The lowest BCUT2D eigenvalue weighted by Crippen LogP contribution is -2.29. The van der Waals surface area contributed by atoms with Crippen LogP contribution in [0.1, 0.15) is 5.56 Å². The summed E-state index contributed by atoms with van der Waals surface area (Å²) in [5, 5.41) is 8.81. The number of benzene rings is 1. The molecule has 0 heterocycles. The topological polar surface area (TPSA) is 59.0 Å². The third-order valence-corrected chi connectivity index (χ3v) is 2.47. The first-order valence-corrected chi connectivity index (χ1v) is 7.92. The van der Waals surface area contributed by atoms with Crippen LogP contribution >= 0.6 is 0 Å².